The van der Waals surface area contributed by atoms with Crippen LogP contribution in [-0.2, 0) is 6.54 Å². The molecule has 0 unspecified atom stereocenters. The van der Waals surface area contributed by atoms with E-state index >= 15 is 0 Å². The van der Waals surface area contributed by atoms with E-state index in [0.29, 0.717) is 23.5 Å². The largest absolute Gasteiger partial charge is 0.321 e. The second-order valence-corrected chi connectivity index (χ2v) is 6.65. The van der Waals surface area contributed by atoms with Crippen molar-refractivity contribution in [3.63, 3.8) is 0 Å². The van der Waals surface area contributed by atoms with Crippen LogP contribution in [0, 0.1) is 11.3 Å². The van der Waals surface area contributed by atoms with Crippen LogP contribution >= 0.6 is 0 Å². The van der Waals surface area contributed by atoms with E-state index in [1.54, 1.807) is 18.6 Å². The summed E-state index contributed by atoms with van der Waals surface area (Å²) in [6.45, 7) is 0.298. The molecule has 3 heterocycles. The van der Waals surface area contributed by atoms with Gasteiger partial charge in [-0.3, -0.25) is 9.59 Å². The Bertz CT molecular complexity index is 1110. The first-order valence-corrected chi connectivity index (χ1v) is 8.72. The van der Waals surface area contributed by atoms with Crippen LogP contribution in [0.5, 0.6) is 0 Å². The van der Waals surface area contributed by atoms with Crippen LogP contribution < -0.4 is 11.1 Å². The highest BCUT2D eigenvalue weighted by Crippen LogP contribution is 2.28. The molecular formula is C18H18N6O2. The van der Waals surface area contributed by atoms with E-state index in [0.717, 1.165) is 18.7 Å². The first-order valence-electron chi connectivity index (χ1n) is 8.72. The van der Waals surface area contributed by atoms with Gasteiger partial charge in [0.2, 0.25) is 0 Å². The van der Waals surface area contributed by atoms with Gasteiger partial charge >= 0.3 is 0 Å². The van der Waals surface area contributed by atoms with Crippen molar-refractivity contribution in [2.75, 3.05) is 0 Å². The molecule has 0 spiro atoms. The highest BCUT2D eigenvalue weighted by atomic mass is 16.1. The molecule has 3 aromatic rings. The fraction of sp³-hybridized carbons (Fsp3) is 0.389. The lowest BCUT2D eigenvalue weighted by molar-refractivity contribution is 0.343. The zero-order valence-corrected chi connectivity index (χ0v) is 14.2. The maximum Gasteiger partial charge on any atom is 0.266 e. The van der Waals surface area contributed by atoms with E-state index in [9.17, 15) is 9.59 Å². The van der Waals surface area contributed by atoms with Gasteiger partial charge in [-0.1, -0.05) is 19.3 Å². The predicted molar refractivity (Wildman–Crippen MR) is 94.8 cm³/mol. The quantitative estimate of drug-likeness (QED) is 0.773. The lowest BCUT2D eigenvalue weighted by Crippen LogP contribution is -2.25. The van der Waals surface area contributed by atoms with Gasteiger partial charge in [-0.15, -0.1) is 10.2 Å². The molecule has 0 radical (unpaired) electrons. The Labute approximate surface area is 148 Å². The maximum atomic E-state index is 12.8. The molecule has 0 aliphatic heterocycles. The summed E-state index contributed by atoms with van der Waals surface area (Å²) in [6.07, 6.45) is 9.23. The fourth-order valence-corrected chi connectivity index (χ4v) is 3.64. The van der Waals surface area contributed by atoms with Gasteiger partial charge in [0.25, 0.3) is 11.1 Å². The van der Waals surface area contributed by atoms with Crippen molar-refractivity contribution in [2.45, 2.75) is 44.7 Å². The molecule has 1 fully saturated rings. The van der Waals surface area contributed by atoms with Gasteiger partial charge in [-0.2, -0.15) is 5.26 Å². The molecule has 3 aromatic heterocycles. The lowest BCUT2D eigenvalue weighted by Gasteiger charge is -2.24. The van der Waals surface area contributed by atoms with Gasteiger partial charge in [-0.25, -0.2) is 0 Å². The third kappa shape index (κ3) is 2.81. The van der Waals surface area contributed by atoms with E-state index in [4.69, 9.17) is 5.26 Å². The van der Waals surface area contributed by atoms with Crippen molar-refractivity contribution >= 4 is 10.9 Å². The van der Waals surface area contributed by atoms with E-state index < -0.39 is 5.56 Å². The molecule has 0 saturated heterocycles. The van der Waals surface area contributed by atoms with Crippen LogP contribution in [0.2, 0.25) is 0 Å². The molecule has 0 atom stereocenters. The van der Waals surface area contributed by atoms with Crippen LogP contribution in [0.3, 0.4) is 0 Å². The first kappa shape index (κ1) is 16.3. The van der Waals surface area contributed by atoms with E-state index in [2.05, 4.69) is 19.7 Å². The number of aromatic amines is 1. The van der Waals surface area contributed by atoms with Gasteiger partial charge in [0.1, 0.15) is 18.0 Å². The molecular weight excluding hydrogens is 332 g/mol. The van der Waals surface area contributed by atoms with Crippen molar-refractivity contribution in [1.82, 2.24) is 24.3 Å². The minimum absolute atomic E-state index is 0.0716. The van der Waals surface area contributed by atoms with Gasteiger partial charge in [0.05, 0.1) is 17.4 Å². The van der Waals surface area contributed by atoms with E-state index in [1.165, 1.54) is 29.9 Å². The smallest absolute Gasteiger partial charge is 0.266 e. The third-order valence-corrected chi connectivity index (χ3v) is 5.03. The van der Waals surface area contributed by atoms with Crippen LogP contribution in [0.1, 0.15) is 49.5 Å². The monoisotopic (exact) mass is 350 g/mol. The molecule has 132 valence electrons. The molecule has 8 nitrogen and oxygen atoms in total. The number of nitrogens with one attached hydrogen (secondary N) is 1. The zero-order chi connectivity index (χ0) is 18.1. The topological polar surface area (TPSA) is 109 Å². The Kier molecular flexibility index (Phi) is 4.13. The number of fused-ring (bicyclic) bond motifs is 1. The molecule has 1 N–H and O–H groups in total. The number of hydrogen-bond donors (Lipinski definition) is 1. The summed E-state index contributed by atoms with van der Waals surface area (Å²) in [4.78, 5) is 27.1. The van der Waals surface area contributed by atoms with Gasteiger partial charge in [-0.05, 0) is 25.0 Å². The van der Waals surface area contributed by atoms with Gasteiger partial charge in [0.15, 0.2) is 5.82 Å². The van der Waals surface area contributed by atoms with E-state index in [-0.39, 0.29) is 11.1 Å². The first-order chi connectivity index (χ1) is 12.7. The normalized spacial score (nSPS) is 15.2. The average Bonchev–Trinajstić information content (AvgIpc) is 3.13. The Hall–Kier alpha value is -3.21. The summed E-state index contributed by atoms with van der Waals surface area (Å²) in [5, 5.41) is 17.6. The molecule has 1 saturated carbocycles. The third-order valence-electron chi connectivity index (χ3n) is 5.03. The minimum Gasteiger partial charge on any atom is -0.321 e. The molecule has 0 bridgehead atoms. The molecule has 0 amide bonds. The van der Waals surface area contributed by atoms with Crippen LogP contribution in [0.15, 0.2) is 34.2 Å². The Morgan fingerprint density at radius 2 is 2.08 bits per heavy atom. The number of hydrogen-bond acceptors (Lipinski definition) is 5. The maximum absolute atomic E-state index is 12.8. The van der Waals surface area contributed by atoms with E-state index in [1.807, 2.05) is 6.07 Å². The average molecular weight is 350 g/mol. The predicted octanol–water partition coefficient (Wildman–Crippen LogP) is 1.71. The Morgan fingerprint density at radius 1 is 1.27 bits per heavy atom. The van der Waals surface area contributed by atoms with Crippen molar-refractivity contribution < 1.29 is 0 Å². The lowest BCUT2D eigenvalue weighted by atomic mass is 9.95. The zero-order valence-electron chi connectivity index (χ0n) is 14.2. The summed E-state index contributed by atoms with van der Waals surface area (Å²) in [7, 11) is 0. The highest BCUT2D eigenvalue weighted by molar-refractivity contribution is 5.78. The number of nitriles is 1. The minimum atomic E-state index is -0.491. The standard InChI is InChI=1S/C18H18N6O2/c19-9-12-8-14-15(21-17(12)25)6-7-23(18(14)26)10-16-22-20-11-24(16)13-4-2-1-3-5-13/h6-8,11,13H,1-5,10H2,(H,21,25). The number of pyridine rings is 2. The number of rotatable bonds is 3. The van der Waals surface area contributed by atoms with Crippen LogP contribution in [0.25, 0.3) is 10.9 Å². The van der Waals surface area contributed by atoms with Crippen LogP contribution in [0.4, 0.5) is 0 Å². The summed E-state index contributed by atoms with van der Waals surface area (Å²) in [5.74, 6) is 0.739. The molecule has 0 aromatic carbocycles. The van der Waals surface area contributed by atoms with Crippen LogP contribution in [-0.4, -0.2) is 24.3 Å². The van der Waals surface area contributed by atoms with Gasteiger partial charge in [0, 0.05) is 12.2 Å². The Balaban J connectivity index is 1.73. The second-order valence-electron chi connectivity index (χ2n) is 6.65. The number of aromatic nitrogens is 5. The molecule has 8 heteroatoms. The van der Waals surface area contributed by atoms with Gasteiger partial charge < -0.3 is 14.1 Å². The van der Waals surface area contributed by atoms with Crippen molar-refractivity contribution in [3.8, 4) is 6.07 Å². The van der Waals surface area contributed by atoms with Crippen molar-refractivity contribution in [2.24, 2.45) is 0 Å². The number of H-pyrrole nitrogens is 1. The number of nitrogens with zero attached hydrogens (tertiary/aromatic N) is 5. The molecule has 1 aliphatic carbocycles. The highest BCUT2D eigenvalue weighted by Gasteiger charge is 2.19. The summed E-state index contributed by atoms with van der Waals surface area (Å²) < 4.78 is 3.61. The second kappa shape index (κ2) is 6.59. The molecule has 1 aliphatic rings. The SMILES string of the molecule is N#Cc1cc2c(=O)n(Cc3nncn3C3CCCCC3)ccc2[nH]c1=O. The summed E-state index contributed by atoms with van der Waals surface area (Å²) >= 11 is 0. The Morgan fingerprint density at radius 3 is 2.85 bits per heavy atom. The fourth-order valence-electron chi connectivity index (χ4n) is 3.64. The summed E-state index contributed by atoms with van der Waals surface area (Å²) in [6, 6.07) is 5.21. The van der Waals surface area contributed by atoms with Crippen molar-refractivity contribution in [1.29, 1.82) is 5.26 Å². The van der Waals surface area contributed by atoms with Crippen molar-refractivity contribution in [3.05, 3.63) is 56.8 Å². The molecule has 26 heavy (non-hydrogen) atoms. The summed E-state index contributed by atoms with van der Waals surface area (Å²) in [5.41, 5.74) is -0.413. The molecule has 4 rings (SSSR count).